The largest absolute Gasteiger partial charge is 0.497 e. The fourth-order valence-corrected chi connectivity index (χ4v) is 4.90. The zero-order chi connectivity index (χ0) is 25.8. The van der Waals surface area contributed by atoms with E-state index in [2.05, 4.69) is 10.3 Å². The van der Waals surface area contributed by atoms with E-state index in [1.54, 1.807) is 55.7 Å². The Balaban J connectivity index is 1.10. The molecule has 190 valence electrons. The van der Waals surface area contributed by atoms with E-state index in [0.29, 0.717) is 35.3 Å². The molecule has 2 aliphatic rings. The van der Waals surface area contributed by atoms with Gasteiger partial charge >= 0.3 is 0 Å². The Labute approximate surface area is 221 Å². The van der Waals surface area contributed by atoms with E-state index >= 15 is 0 Å². The summed E-state index contributed by atoms with van der Waals surface area (Å²) in [6.45, 7) is 1.36. The minimum Gasteiger partial charge on any atom is -0.497 e. The van der Waals surface area contributed by atoms with E-state index in [-0.39, 0.29) is 23.3 Å². The molecule has 1 aliphatic heterocycles. The molecule has 3 aromatic rings. The van der Waals surface area contributed by atoms with Gasteiger partial charge in [-0.2, -0.15) is 0 Å². The zero-order valence-corrected chi connectivity index (χ0v) is 21.3. The normalized spacial score (nSPS) is 18.0. The molecule has 2 fully saturated rings. The smallest absolute Gasteiger partial charge is 0.253 e. The summed E-state index contributed by atoms with van der Waals surface area (Å²) in [5.74, 6) is 1.70. The standard InChI is InChI=1S/C29H28ClN3O4/c1-36-24-4-2-3-20(17-24)5-11-26(34)32-25-18-29(25)13-15-33(16-14-29)28(35)21-6-9-23(10-7-21)37-27-12-8-22(30)19-31-27/h2-12,17,19,25H,13-16,18H2,1H3,(H,32,34)/b11-5+. The first-order chi connectivity index (χ1) is 17.9. The molecule has 2 aromatic carbocycles. The Morgan fingerprint density at radius 1 is 1.08 bits per heavy atom. The second kappa shape index (κ2) is 10.6. The van der Waals surface area contributed by atoms with E-state index in [0.717, 1.165) is 30.6 Å². The molecule has 1 atom stereocenters. The van der Waals surface area contributed by atoms with Gasteiger partial charge in [0.25, 0.3) is 5.91 Å². The topological polar surface area (TPSA) is 80.8 Å². The Bertz CT molecular complexity index is 1300. The van der Waals surface area contributed by atoms with E-state index in [4.69, 9.17) is 21.1 Å². The van der Waals surface area contributed by atoms with Crippen LogP contribution in [-0.4, -0.2) is 47.9 Å². The van der Waals surface area contributed by atoms with Gasteiger partial charge < -0.3 is 19.7 Å². The molecule has 0 bridgehead atoms. The second-order valence-corrected chi connectivity index (χ2v) is 9.91. The molecular formula is C29H28ClN3O4. The maximum absolute atomic E-state index is 13.0. The highest BCUT2D eigenvalue weighted by Gasteiger charge is 2.55. The number of hydrogen-bond donors (Lipinski definition) is 1. The Morgan fingerprint density at radius 2 is 1.86 bits per heavy atom. The lowest BCUT2D eigenvalue weighted by atomic mass is 9.92. The van der Waals surface area contributed by atoms with Crippen molar-refractivity contribution in [3.63, 3.8) is 0 Å². The number of amides is 2. The van der Waals surface area contributed by atoms with Crippen LogP contribution in [0.25, 0.3) is 6.08 Å². The van der Waals surface area contributed by atoms with Crippen LogP contribution in [0.1, 0.15) is 35.2 Å². The molecule has 1 aliphatic carbocycles. The number of carbonyl (C=O) groups is 2. The van der Waals surface area contributed by atoms with Crippen molar-refractivity contribution >= 4 is 29.5 Å². The van der Waals surface area contributed by atoms with Gasteiger partial charge in [-0.25, -0.2) is 4.98 Å². The van der Waals surface area contributed by atoms with Crippen molar-refractivity contribution in [2.24, 2.45) is 5.41 Å². The van der Waals surface area contributed by atoms with Crippen molar-refractivity contribution in [2.45, 2.75) is 25.3 Å². The van der Waals surface area contributed by atoms with Gasteiger partial charge in [0, 0.05) is 43.0 Å². The number of nitrogens with one attached hydrogen (secondary N) is 1. The zero-order valence-electron chi connectivity index (χ0n) is 20.5. The molecule has 1 aromatic heterocycles. The second-order valence-electron chi connectivity index (χ2n) is 9.47. The molecule has 1 saturated carbocycles. The molecule has 7 nitrogen and oxygen atoms in total. The summed E-state index contributed by atoms with van der Waals surface area (Å²) >= 11 is 5.85. The van der Waals surface area contributed by atoms with Crippen molar-refractivity contribution in [2.75, 3.05) is 20.2 Å². The average molecular weight is 518 g/mol. The number of hydrogen-bond acceptors (Lipinski definition) is 5. The summed E-state index contributed by atoms with van der Waals surface area (Å²) < 4.78 is 10.9. The molecule has 1 saturated heterocycles. The van der Waals surface area contributed by atoms with Crippen molar-refractivity contribution in [1.82, 2.24) is 15.2 Å². The Kier molecular flexibility index (Phi) is 7.15. The van der Waals surface area contributed by atoms with Gasteiger partial charge in [-0.15, -0.1) is 0 Å². The molecule has 1 N–H and O–H groups in total. The molecule has 1 spiro atoms. The molecule has 37 heavy (non-hydrogen) atoms. The summed E-state index contributed by atoms with van der Waals surface area (Å²) in [7, 11) is 1.62. The number of aromatic nitrogens is 1. The molecule has 2 amide bonds. The first kappa shape index (κ1) is 24.8. The number of methoxy groups -OCH3 is 1. The highest BCUT2D eigenvalue weighted by Crippen LogP contribution is 2.54. The van der Waals surface area contributed by atoms with Crippen LogP contribution >= 0.6 is 11.6 Å². The Hall–Kier alpha value is -3.84. The number of carbonyl (C=O) groups excluding carboxylic acids is 2. The fourth-order valence-electron chi connectivity index (χ4n) is 4.79. The van der Waals surface area contributed by atoms with Gasteiger partial charge in [0.2, 0.25) is 11.8 Å². The average Bonchev–Trinajstić information content (AvgIpc) is 3.59. The van der Waals surface area contributed by atoms with Gasteiger partial charge in [0.15, 0.2) is 0 Å². The number of ether oxygens (including phenoxy) is 2. The summed E-state index contributed by atoms with van der Waals surface area (Å²) in [5, 5.41) is 3.67. The van der Waals surface area contributed by atoms with Crippen molar-refractivity contribution < 1.29 is 19.1 Å². The van der Waals surface area contributed by atoms with Crippen molar-refractivity contribution in [1.29, 1.82) is 0 Å². The lowest BCUT2D eigenvalue weighted by Crippen LogP contribution is -2.41. The van der Waals surface area contributed by atoms with Gasteiger partial charge in [0.05, 0.1) is 12.1 Å². The SMILES string of the molecule is COc1cccc(/C=C/C(=O)NC2CC23CCN(C(=O)c2ccc(Oc4ccc(Cl)cn4)cc2)CC3)c1. The monoisotopic (exact) mass is 517 g/mol. The Morgan fingerprint density at radius 3 is 2.57 bits per heavy atom. The molecule has 1 unspecified atom stereocenters. The molecular weight excluding hydrogens is 490 g/mol. The van der Waals surface area contributed by atoms with Gasteiger partial charge in [-0.1, -0.05) is 23.7 Å². The fraction of sp³-hybridized carbons (Fsp3) is 0.276. The van der Waals surface area contributed by atoms with E-state index < -0.39 is 0 Å². The van der Waals surface area contributed by atoms with Crippen LogP contribution < -0.4 is 14.8 Å². The summed E-state index contributed by atoms with van der Waals surface area (Å²) in [6.07, 6.45) is 7.59. The predicted molar refractivity (Wildman–Crippen MR) is 142 cm³/mol. The lowest BCUT2D eigenvalue weighted by Gasteiger charge is -2.33. The lowest BCUT2D eigenvalue weighted by molar-refractivity contribution is -0.116. The maximum atomic E-state index is 13.0. The van der Waals surface area contributed by atoms with Crippen molar-refractivity contribution in [3.8, 4) is 17.4 Å². The van der Waals surface area contributed by atoms with E-state index in [1.165, 1.54) is 6.20 Å². The molecule has 2 heterocycles. The summed E-state index contributed by atoms with van der Waals surface area (Å²) in [6, 6.07) is 18.2. The molecule has 5 rings (SSSR count). The highest BCUT2D eigenvalue weighted by atomic mass is 35.5. The van der Waals surface area contributed by atoms with E-state index in [9.17, 15) is 9.59 Å². The quantitative estimate of drug-likeness (QED) is 0.427. The van der Waals surface area contributed by atoms with Crippen molar-refractivity contribution in [3.05, 3.63) is 89.1 Å². The third kappa shape index (κ3) is 5.94. The van der Waals surface area contributed by atoms with Crippen LogP contribution in [0, 0.1) is 5.41 Å². The number of nitrogens with zero attached hydrogens (tertiary/aromatic N) is 2. The van der Waals surface area contributed by atoms with Gasteiger partial charge in [-0.3, -0.25) is 9.59 Å². The minimum absolute atomic E-state index is 0.00785. The third-order valence-electron chi connectivity index (χ3n) is 7.10. The van der Waals surface area contributed by atoms with Crippen LogP contribution in [-0.2, 0) is 4.79 Å². The summed E-state index contributed by atoms with van der Waals surface area (Å²) in [5.41, 5.74) is 1.63. The van der Waals surface area contributed by atoms with Crippen LogP contribution in [0.15, 0.2) is 72.9 Å². The van der Waals surface area contributed by atoms with E-state index in [1.807, 2.05) is 29.2 Å². The van der Waals surface area contributed by atoms with Crippen LogP contribution in [0.5, 0.6) is 17.4 Å². The molecule has 8 heteroatoms. The van der Waals surface area contributed by atoms with Crippen LogP contribution in [0.3, 0.4) is 0 Å². The van der Waals surface area contributed by atoms with Crippen LogP contribution in [0.4, 0.5) is 0 Å². The number of halogens is 1. The first-order valence-corrected chi connectivity index (χ1v) is 12.6. The van der Waals surface area contributed by atoms with Gasteiger partial charge in [-0.05, 0) is 78.8 Å². The van der Waals surface area contributed by atoms with Gasteiger partial charge in [0.1, 0.15) is 11.5 Å². The summed E-state index contributed by atoms with van der Waals surface area (Å²) in [4.78, 5) is 31.5. The first-order valence-electron chi connectivity index (χ1n) is 12.3. The number of benzene rings is 2. The highest BCUT2D eigenvalue weighted by molar-refractivity contribution is 6.30. The third-order valence-corrected chi connectivity index (χ3v) is 7.32. The number of rotatable bonds is 7. The molecule has 0 radical (unpaired) electrons. The number of likely N-dealkylation sites (tertiary alicyclic amines) is 1. The maximum Gasteiger partial charge on any atom is 0.253 e. The van der Waals surface area contributed by atoms with Crippen LogP contribution in [0.2, 0.25) is 5.02 Å². The number of pyridine rings is 1. The minimum atomic E-state index is -0.0979. The predicted octanol–water partition coefficient (Wildman–Crippen LogP) is 5.36. The number of piperidine rings is 1.